The van der Waals surface area contributed by atoms with Gasteiger partial charge in [0.1, 0.15) is 0 Å². The molecule has 3 fully saturated rings. The number of aliphatic carboxylic acids is 2. The Morgan fingerprint density at radius 3 is 2.10 bits per heavy atom. The van der Waals surface area contributed by atoms with Crippen LogP contribution in [0, 0.1) is 5.92 Å². The molecule has 2 N–H and O–H groups in total. The number of halogens is 6. The molecule has 16 heteroatoms. The molecule has 3 saturated heterocycles. The molecule has 4 rings (SSSR count). The summed E-state index contributed by atoms with van der Waals surface area (Å²) in [5, 5.41) is 18.5. The van der Waals surface area contributed by atoms with Gasteiger partial charge in [0.05, 0.1) is 25.0 Å². The average Bonchev–Trinajstić information content (AvgIpc) is 3.45. The van der Waals surface area contributed by atoms with E-state index < -0.39 is 24.3 Å². The van der Waals surface area contributed by atoms with Crippen molar-refractivity contribution >= 4 is 11.9 Å². The van der Waals surface area contributed by atoms with Gasteiger partial charge in [-0.15, -0.1) is 0 Å². The first-order chi connectivity index (χ1) is 18.2. The zero-order valence-electron chi connectivity index (χ0n) is 21.3. The van der Waals surface area contributed by atoms with E-state index in [4.69, 9.17) is 34.0 Å². The molecule has 0 unspecified atom stereocenters. The van der Waals surface area contributed by atoms with Crippen LogP contribution in [0.2, 0.25) is 0 Å². The molecule has 3 aliphatic heterocycles. The molecule has 1 aromatic rings. The lowest BCUT2D eigenvalue weighted by Crippen LogP contribution is -2.43. The van der Waals surface area contributed by atoms with Crippen molar-refractivity contribution in [1.29, 1.82) is 0 Å². The topological polar surface area (TPSA) is 123 Å². The molecule has 0 aliphatic carbocycles. The Morgan fingerprint density at radius 1 is 1.00 bits per heavy atom. The summed E-state index contributed by atoms with van der Waals surface area (Å²) in [6.07, 6.45) is 0.324. The number of rotatable bonds is 6. The zero-order valence-corrected chi connectivity index (χ0v) is 21.3. The van der Waals surface area contributed by atoms with Crippen molar-refractivity contribution in [1.82, 2.24) is 14.7 Å². The Morgan fingerprint density at radius 2 is 1.59 bits per heavy atom. The summed E-state index contributed by atoms with van der Waals surface area (Å²) in [5.41, 5.74) is 1.30. The third kappa shape index (κ3) is 11.7. The lowest BCUT2D eigenvalue weighted by molar-refractivity contribution is -0.193. The van der Waals surface area contributed by atoms with Crippen LogP contribution >= 0.6 is 0 Å². The predicted molar refractivity (Wildman–Crippen MR) is 122 cm³/mol. The number of ether oxygens (including phenoxy) is 3. The maximum absolute atomic E-state index is 10.6. The lowest BCUT2D eigenvalue weighted by atomic mass is 9.99. The SMILES string of the molecule is Cn1cc(CN2CC[C@@H]3O[C@H](COCC4CCOCC4)CC[C@@H]32)cn1.O=C(O)C(F)(F)F.O=C(O)C(F)(F)F. The average molecular weight is 578 g/mol. The number of carboxylic acid groups (broad SMARTS) is 2. The highest BCUT2D eigenvalue weighted by molar-refractivity contribution is 5.73. The second-order valence-electron chi connectivity index (χ2n) is 9.42. The zero-order chi connectivity index (χ0) is 29.2. The number of hydrogen-bond donors (Lipinski definition) is 2. The minimum absolute atomic E-state index is 0.277. The Labute approximate surface area is 220 Å². The van der Waals surface area contributed by atoms with Gasteiger partial charge >= 0.3 is 24.3 Å². The first-order valence-electron chi connectivity index (χ1n) is 12.3. The van der Waals surface area contributed by atoms with E-state index in [-0.39, 0.29) is 6.10 Å². The van der Waals surface area contributed by atoms with Crippen molar-refractivity contribution in [3.05, 3.63) is 18.0 Å². The van der Waals surface area contributed by atoms with Gasteiger partial charge in [-0.2, -0.15) is 31.4 Å². The van der Waals surface area contributed by atoms with Gasteiger partial charge in [-0.3, -0.25) is 9.58 Å². The molecule has 0 aromatic carbocycles. The van der Waals surface area contributed by atoms with Crippen LogP contribution in [0.5, 0.6) is 0 Å². The van der Waals surface area contributed by atoms with Crippen LogP contribution in [0.1, 0.15) is 37.7 Å². The molecule has 1 aromatic heterocycles. The maximum atomic E-state index is 10.6. The molecule has 0 radical (unpaired) electrons. The highest BCUT2D eigenvalue weighted by Crippen LogP contribution is 2.32. The first kappa shape index (κ1) is 32.8. The van der Waals surface area contributed by atoms with Crippen LogP contribution in [0.4, 0.5) is 26.3 Å². The van der Waals surface area contributed by atoms with Crippen LogP contribution < -0.4 is 0 Å². The molecule has 0 saturated carbocycles. The summed E-state index contributed by atoms with van der Waals surface area (Å²) in [4.78, 5) is 20.4. The standard InChI is InChI=1S/C19H31N3O3.2C2HF3O2/c1-21-11-16(10-20-21)12-22-7-4-19-18(22)3-2-17(25-19)14-24-13-15-5-8-23-9-6-15;2*3-2(4,5)1(6)7/h10-11,15,17-19H,2-9,12-14H2,1H3;2*(H,6,7)/t17-,18-,19-;;/m0../s1. The summed E-state index contributed by atoms with van der Waals surface area (Å²) in [5.74, 6) is -4.84. The van der Waals surface area contributed by atoms with E-state index in [1.165, 1.54) is 12.0 Å². The quantitative estimate of drug-likeness (QED) is 0.491. The van der Waals surface area contributed by atoms with Gasteiger partial charge in [0.2, 0.25) is 0 Å². The molecular weight excluding hydrogens is 544 g/mol. The maximum Gasteiger partial charge on any atom is 0.490 e. The number of aromatic nitrogens is 2. The minimum atomic E-state index is -5.08. The molecule has 39 heavy (non-hydrogen) atoms. The van der Waals surface area contributed by atoms with Gasteiger partial charge < -0.3 is 24.4 Å². The fourth-order valence-corrected chi connectivity index (χ4v) is 4.47. The molecule has 0 amide bonds. The van der Waals surface area contributed by atoms with Gasteiger partial charge in [0.25, 0.3) is 0 Å². The second-order valence-corrected chi connectivity index (χ2v) is 9.42. The second kappa shape index (κ2) is 14.8. The number of hydrogen-bond acceptors (Lipinski definition) is 7. The van der Waals surface area contributed by atoms with Gasteiger partial charge in [0, 0.05) is 57.8 Å². The molecule has 224 valence electrons. The van der Waals surface area contributed by atoms with Crippen LogP contribution in [-0.4, -0.2) is 100 Å². The number of alkyl halides is 6. The molecule has 4 heterocycles. The molecule has 0 spiro atoms. The number of aryl methyl sites for hydroxylation is 1. The Kier molecular flexibility index (Phi) is 12.5. The highest BCUT2D eigenvalue weighted by atomic mass is 19.4. The first-order valence-corrected chi connectivity index (χ1v) is 12.3. The smallest absolute Gasteiger partial charge is 0.475 e. The van der Waals surface area contributed by atoms with Crippen molar-refractivity contribution in [3.8, 4) is 0 Å². The fourth-order valence-electron chi connectivity index (χ4n) is 4.47. The number of fused-ring (bicyclic) bond motifs is 1. The van der Waals surface area contributed by atoms with E-state index in [0.29, 0.717) is 18.1 Å². The minimum Gasteiger partial charge on any atom is -0.475 e. The van der Waals surface area contributed by atoms with E-state index >= 15 is 0 Å². The van der Waals surface area contributed by atoms with Gasteiger partial charge in [-0.05, 0) is 38.0 Å². The lowest BCUT2D eigenvalue weighted by Gasteiger charge is -2.36. The summed E-state index contributed by atoms with van der Waals surface area (Å²) >= 11 is 0. The number of carbonyl (C=O) groups is 2. The largest absolute Gasteiger partial charge is 0.490 e. The third-order valence-electron chi connectivity index (χ3n) is 6.38. The van der Waals surface area contributed by atoms with Gasteiger partial charge in [-0.25, -0.2) is 9.59 Å². The molecule has 3 aliphatic rings. The van der Waals surface area contributed by atoms with E-state index in [1.807, 2.05) is 17.9 Å². The van der Waals surface area contributed by atoms with Gasteiger partial charge in [0.15, 0.2) is 0 Å². The van der Waals surface area contributed by atoms with Crippen LogP contribution in [-0.2, 0) is 37.4 Å². The summed E-state index contributed by atoms with van der Waals surface area (Å²) in [6.45, 7) is 5.52. The summed E-state index contributed by atoms with van der Waals surface area (Å²) < 4.78 is 83.1. The van der Waals surface area contributed by atoms with Crippen molar-refractivity contribution in [3.63, 3.8) is 0 Å². The van der Waals surface area contributed by atoms with E-state index in [0.717, 1.165) is 65.2 Å². The molecular formula is C23H33F6N3O7. The van der Waals surface area contributed by atoms with E-state index in [9.17, 15) is 26.3 Å². The molecule has 10 nitrogen and oxygen atoms in total. The monoisotopic (exact) mass is 577 g/mol. The van der Waals surface area contributed by atoms with Crippen molar-refractivity contribution in [2.75, 3.05) is 33.0 Å². The Bertz CT molecular complexity index is 882. The van der Waals surface area contributed by atoms with Crippen molar-refractivity contribution in [2.45, 2.75) is 69.3 Å². The third-order valence-corrected chi connectivity index (χ3v) is 6.38. The molecule has 0 bridgehead atoms. The van der Waals surface area contributed by atoms with E-state index in [1.54, 1.807) is 0 Å². The highest BCUT2D eigenvalue weighted by Gasteiger charge is 2.40. The normalized spacial score (nSPS) is 24.1. The van der Waals surface area contributed by atoms with Crippen LogP contribution in [0.3, 0.4) is 0 Å². The summed E-state index contributed by atoms with van der Waals surface area (Å²) in [6, 6.07) is 0.562. The fraction of sp³-hybridized carbons (Fsp3) is 0.783. The van der Waals surface area contributed by atoms with Crippen molar-refractivity contribution < 1.29 is 60.4 Å². The Hall–Kier alpha value is -2.43. The van der Waals surface area contributed by atoms with Gasteiger partial charge in [-0.1, -0.05) is 0 Å². The predicted octanol–water partition coefficient (Wildman–Crippen LogP) is 3.25. The summed E-state index contributed by atoms with van der Waals surface area (Å²) in [7, 11) is 1.98. The number of carboxylic acids is 2. The number of nitrogens with zero attached hydrogens (tertiary/aromatic N) is 3. The van der Waals surface area contributed by atoms with E-state index in [2.05, 4.69) is 16.2 Å². The molecule has 3 atom stereocenters. The van der Waals surface area contributed by atoms with Crippen LogP contribution in [0.15, 0.2) is 12.4 Å². The number of likely N-dealkylation sites (tertiary alicyclic amines) is 1. The van der Waals surface area contributed by atoms with Crippen LogP contribution in [0.25, 0.3) is 0 Å². The van der Waals surface area contributed by atoms with Crippen molar-refractivity contribution in [2.24, 2.45) is 13.0 Å². The Balaban J connectivity index is 0.000000317.